The first-order valence-corrected chi connectivity index (χ1v) is 7.63. The Balaban J connectivity index is 1.66. The van der Waals surface area contributed by atoms with Crippen LogP contribution in [0, 0.1) is 0 Å². The van der Waals surface area contributed by atoms with Crippen LogP contribution in [0.3, 0.4) is 0 Å². The summed E-state index contributed by atoms with van der Waals surface area (Å²) in [5.74, 6) is 0.870. The fraction of sp³-hybridized carbons (Fsp3) is 0.412. The lowest BCUT2D eigenvalue weighted by Crippen LogP contribution is -2.17. The molecule has 0 amide bonds. The highest BCUT2D eigenvalue weighted by Crippen LogP contribution is 2.22. The lowest BCUT2D eigenvalue weighted by molar-refractivity contribution is 0.671. The standard InChI is InChI=1S/C17H22N4/c1-3-13-4-8-16(9-5-13)21(2)17-12-19-15(11-20-17)10-18-14-6-7-14/h4-5,8-9,11-12,14,18H,3,6-7,10H2,1-2H3. The number of rotatable bonds is 6. The van der Waals surface area contributed by atoms with E-state index in [9.17, 15) is 0 Å². The summed E-state index contributed by atoms with van der Waals surface area (Å²) in [7, 11) is 2.02. The summed E-state index contributed by atoms with van der Waals surface area (Å²) in [5, 5.41) is 3.45. The Bertz CT molecular complexity index is 573. The van der Waals surface area contributed by atoms with Gasteiger partial charge >= 0.3 is 0 Å². The summed E-state index contributed by atoms with van der Waals surface area (Å²) in [4.78, 5) is 11.1. The smallest absolute Gasteiger partial charge is 0.151 e. The molecule has 0 atom stereocenters. The zero-order chi connectivity index (χ0) is 14.7. The number of benzene rings is 1. The fourth-order valence-electron chi connectivity index (χ4n) is 2.24. The topological polar surface area (TPSA) is 41.1 Å². The van der Waals surface area contributed by atoms with Gasteiger partial charge < -0.3 is 10.2 Å². The van der Waals surface area contributed by atoms with Gasteiger partial charge in [-0.3, -0.25) is 4.98 Å². The molecule has 1 aromatic heterocycles. The predicted octanol–water partition coefficient (Wildman–Crippen LogP) is 3.06. The van der Waals surface area contributed by atoms with E-state index in [0.29, 0.717) is 6.04 Å². The highest BCUT2D eigenvalue weighted by Gasteiger charge is 2.20. The fourth-order valence-corrected chi connectivity index (χ4v) is 2.24. The SMILES string of the molecule is CCc1ccc(N(C)c2cnc(CNC3CC3)cn2)cc1. The Kier molecular flexibility index (Phi) is 4.15. The molecule has 1 fully saturated rings. The molecule has 2 aromatic rings. The number of anilines is 2. The van der Waals surface area contributed by atoms with Crippen LogP contribution >= 0.6 is 0 Å². The van der Waals surface area contributed by atoms with Gasteiger partial charge in [0.1, 0.15) is 0 Å². The zero-order valence-corrected chi connectivity index (χ0v) is 12.7. The van der Waals surface area contributed by atoms with Crippen LogP contribution in [0.4, 0.5) is 11.5 Å². The number of hydrogen-bond donors (Lipinski definition) is 1. The van der Waals surface area contributed by atoms with Gasteiger partial charge in [-0.15, -0.1) is 0 Å². The molecule has 0 spiro atoms. The Hall–Kier alpha value is -1.94. The van der Waals surface area contributed by atoms with E-state index < -0.39 is 0 Å². The lowest BCUT2D eigenvalue weighted by Gasteiger charge is -2.18. The van der Waals surface area contributed by atoms with E-state index in [-0.39, 0.29) is 0 Å². The normalized spacial score (nSPS) is 14.2. The molecule has 4 nitrogen and oxygen atoms in total. The summed E-state index contributed by atoms with van der Waals surface area (Å²) < 4.78 is 0. The van der Waals surface area contributed by atoms with E-state index in [1.807, 2.05) is 19.4 Å². The third kappa shape index (κ3) is 3.58. The van der Waals surface area contributed by atoms with Crippen molar-refractivity contribution in [1.82, 2.24) is 15.3 Å². The van der Waals surface area contributed by atoms with Gasteiger partial charge in [0.05, 0.1) is 18.1 Å². The highest BCUT2D eigenvalue weighted by atomic mass is 15.2. The third-order valence-corrected chi connectivity index (χ3v) is 3.92. The molecule has 0 aliphatic heterocycles. The molecule has 3 rings (SSSR count). The largest absolute Gasteiger partial charge is 0.328 e. The van der Waals surface area contributed by atoms with Crippen LogP contribution in [0.1, 0.15) is 31.0 Å². The van der Waals surface area contributed by atoms with Gasteiger partial charge in [-0.1, -0.05) is 19.1 Å². The second kappa shape index (κ2) is 6.22. The van der Waals surface area contributed by atoms with E-state index in [0.717, 1.165) is 30.2 Å². The van der Waals surface area contributed by atoms with Gasteiger partial charge in [-0.2, -0.15) is 0 Å². The van der Waals surface area contributed by atoms with Crippen molar-refractivity contribution in [2.45, 2.75) is 38.8 Å². The third-order valence-electron chi connectivity index (χ3n) is 3.92. The number of aromatic nitrogens is 2. The second-order valence-corrected chi connectivity index (χ2v) is 5.60. The van der Waals surface area contributed by atoms with E-state index in [2.05, 4.69) is 51.4 Å². The number of nitrogens with one attached hydrogen (secondary N) is 1. The monoisotopic (exact) mass is 282 g/mol. The van der Waals surface area contributed by atoms with Gasteiger partial charge in [0.15, 0.2) is 5.82 Å². The minimum atomic E-state index is 0.700. The summed E-state index contributed by atoms with van der Waals surface area (Å²) in [6, 6.07) is 9.28. The van der Waals surface area contributed by atoms with Crippen molar-refractivity contribution in [1.29, 1.82) is 0 Å². The minimum Gasteiger partial charge on any atom is -0.328 e. The first kappa shape index (κ1) is 14.0. The Morgan fingerprint density at radius 1 is 1.14 bits per heavy atom. The second-order valence-electron chi connectivity index (χ2n) is 5.60. The average molecular weight is 282 g/mol. The van der Waals surface area contributed by atoms with Crippen LogP contribution in [0.5, 0.6) is 0 Å². The first-order chi connectivity index (χ1) is 10.3. The Morgan fingerprint density at radius 2 is 1.90 bits per heavy atom. The summed E-state index contributed by atoms with van der Waals surface area (Å²) in [6.45, 7) is 2.98. The van der Waals surface area contributed by atoms with Crippen molar-refractivity contribution in [2.24, 2.45) is 0 Å². The van der Waals surface area contributed by atoms with Crippen molar-refractivity contribution in [2.75, 3.05) is 11.9 Å². The molecule has 1 N–H and O–H groups in total. The van der Waals surface area contributed by atoms with Gasteiger partial charge in [-0.05, 0) is 37.0 Å². The van der Waals surface area contributed by atoms with Crippen LogP contribution in [-0.2, 0) is 13.0 Å². The maximum Gasteiger partial charge on any atom is 0.151 e. The van der Waals surface area contributed by atoms with Crippen LogP contribution in [0.2, 0.25) is 0 Å². The zero-order valence-electron chi connectivity index (χ0n) is 12.7. The van der Waals surface area contributed by atoms with Gasteiger partial charge in [0.25, 0.3) is 0 Å². The number of nitrogens with zero attached hydrogens (tertiary/aromatic N) is 3. The van der Waals surface area contributed by atoms with E-state index in [1.165, 1.54) is 18.4 Å². The predicted molar refractivity (Wildman–Crippen MR) is 85.8 cm³/mol. The number of hydrogen-bond acceptors (Lipinski definition) is 4. The van der Waals surface area contributed by atoms with E-state index >= 15 is 0 Å². The molecule has 1 saturated carbocycles. The molecule has 21 heavy (non-hydrogen) atoms. The quantitative estimate of drug-likeness (QED) is 0.884. The van der Waals surface area contributed by atoms with Crippen LogP contribution < -0.4 is 10.2 Å². The molecule has 110 valence electrons. The molecular weight excluding hydrogens is 260 g/mol. The molecule has 4 heteroatoms. The molecule has 0 unspecified atom stereocenters. The molecule has 0 radical (unpaired) electrons. The van der Waals surface area contributed by atoms with Gasteiger partial charge in [0, 0.05) is 25.3 Å². The van der Waals surface area contributed by atoms with Gasteiger partial charge in [0.2, 0.25) is 0 Å². The van der Waals surface area contributed by atoms with Gasteiger partial charge in [-0.25, -0.2) is 4.98 Å². The molecule has 1 aliphatic rings. The van der Waals surface area contributed by atoms with Crippen LogP contribution in [0.25, 0.3) is 0 Å². The summed E-state index contributed by atoms with van der Waals surface area (Å²) >= 11 is 0. The van der Waals surface area contributed by atoms with Crippen LogP contribution in [-0.4, -0.2) is 23.1 Å². The van der Waals surface area contributed by atoms with E-state index in [1.54, 1.807) is 0 Å². The van der Waals surface area contributed by atoms with Crippen molar-refractivity contribution in [3.63, 3.8) is 0 Å². The van der Waals surface area contributed by atoms with Crippen molar-refractivity contribution in [3.05, 3.63) is 47.9 Å². The Labute approximate surface area is 126 Å². The molecule has 1 aliphatic carbocycles. The summed E-state index contributed by atoms with van der Waals surface area (Å²) in [5.41, 5.74) is 3.48. The molecule has 0 saturated heterocycles. The average Bonchev–Trinajstić information content (AvgIpc) is 3.37. The van der Waals surface area contributed by atoms with Crippen LogP contribution in [0.15, 0.2) is 36.7 Å². The molecule has 1 heterocycles. The lowest BCUT2D eigenvalue weighted by atomic mass is 10.1. The highest BCUT2D eigenvalue weighted by molar-refractivity contribution is 5.58. The first-order valence-electron chi connectivity index (χ1n) is 7.63. The molecule has 0 bridgehead atoms. The van der Waals surface area contributed by atoms with E-state index in [4.69, 9.17) is 0 Å². The molecular formula is C17H22N4. The maximum absolute atomic E-state index is 4.52. The number of aryl methyl sites for hydroxylation is 1. The minimum absolute atomic E-state index is 0.700. The molecule has 1 aromatic carbocycles. The summed E-state index contributed by atoms with van der Waals surface area (Å²) in [6.07, 6.45) is 7.36. The maximum atomic E-state index is 4.52. The van der Waals surface area contributed by atoms with Crippen molar-refractivity contribution < 1.29 is 0 Å². The Morgan fingerprint density at radius 3 is 2.48 bits per heavy atom. The van der Waals surface area contributed by atoms with Crippen molar-refractivity contribution >= 4 is 11.5 Å². The van der Waals surface area contributed by atoms with Crippen molar-refractivity contribution in [3.8, 4) is 0 Å².